The van der Waals surface area contributed by atoms with Crippen molar-refractivity contribution in [3.8, 4) is 22.8 Å². The van der Waals surface area contributed by atoms with Gasteiger partial charge in [-0.2, -0.15) is 0 Å². The van der Waals surface area contributed by atoms with Gasteiger partial charge in [0.2, 0.25) is 6.79 Å². The third-order valence-corrected chi connectivity index (χ3v) is 2.60. The number of carboxylic acid groups (broad SMARTS) is 1. The Morgan fingerprint density at radius 3 is 2.78 bits per heavy atom. The number of para-hydroxylation sites is 1. The summed E-state index contributed by atoms with van der Waals surface area (Å²) >= 11 is 0. The number of aromatic nitrogens is 1. The zero-order chi connectivity index (χ0) is 11.8. The van der Waals surface area contributed by atoms with Crippen molar-refractivity contribution >= 4 is 18.4 Å². The Morgan fingerprint density at radius 1 is 1.22 bits per heavy atom. The summed E-state index contributed by atoms with van der Waals surface area (Å²) < 4.78 is 10.6. The lowest BCUT2D eigenvalue weighted by Crippen LogP contribution is -1.96. The predicted molar refractivity (Wildman–Crippen MR) is 66.6 cm³/mol. The van der Waals surface area contributed by atoms with Crippen LogP contribution in [0.3, 0.4) is 0 Å². The number of aromatic amines is 1. The monoisotopic (exact) mass is 267 g/mol. The van der Waals surface area contributed by atoms with Gasteiger partial charge in [-0.05, 0) is 24.3 Å². The molecule has 2 aromatic rings. The van der Waals surface area contributed by atoms with Crippen molar-refractivity contribution in [2.45, 2.75) is 0 Å². The molecule has 1 aliphatic heterocycles. The molecule has 0 radical (unpaired) electrons. The molecular weight excluding hydrogens is 258 g/mol. The van der Waals surface area contributed by atoms with Gasteiger partial charge in [-0.3, -0.25) is 0 Å². The van der Waals surface area contributed by atoms with Gasteiger partial charge in [-0.15, -0.1) is 12.4 Å². The molecule has 6 heteroatoms. The first-order valence-electron chi connectivity index (χ1n) is 5.07. The maximum atomic E-state index is 10.8. The maximum absolute atomic E-state index is 10.8. The van der Waals surface area contributed by atoms with E-state index in [0.717, 1.165) is 5.56 Å². The van der Waals surface area contributed by atoms with Crippen LogP contribution >= 0.6 is 12.4 Å². The van der Waals surface area contributed by atoms with Crippen molar-refractivity contribution in [1.82, 2.24) is 4.98 Å². The van der Waals surface area contributed by atoms with Crippen LogP contribution in [0.1, 0.15) is 10.5 Å². The zero-order valence-electron chi connectivity index (χ0n) is 9.17. The van der Waals surface area contributed by atoms with Gasteiger partial charge in [0.25, 0.3) is 0 Å². The van der Waals surface area contributed by atoms with E-state index >= 15 is 0 Å². The number of hydrogen-bond acceptors (Lipinski definition) is 3. The van der Waals surface area contributed by atoms with Crippen molar-refractivity contribution in [3.63, 3.8) is 0 Å². The van der Waals surface area contributed by atoms with Crippen LogP contribution in [0.4, 0.5) is 0 Å². The lowest BCUT2D eigenvalue weighted by Gasteiger charge is -2.03. The second kappa shape index (κ2) is 4.62. The smallest absolute Gasteiger partial charge is 0.352 e. The van der Waals surface area contributed by atoms with E-state index in [1.54, 1.807) is 6.07 Å². The third-order valence-electron chi connectivity index (χ3n) is 2.60. The van der Waals surface area contributed by atoms with E-state index in [0.29, 0.717) is 17.2 Å². The van der Waals surface area contributed by atoms with Gasteiger partial charge in [-0.1, -0.05) is 6.07 Å². The molecule has 0 spiro atoms. The highest BCUT2D eigenvalue weighted by atomic mass is 35.5. The third kappa shape index (κ3) is 1.89. The van der Waals surface area contributed by atoms with Gasteiger partial charge in [0.05, 0.1) is 0 Å². The number of H-pyrrole nitrogens is 1. The Balaban J connectivity index is 0.00000120. The SMILES string of the molecule is Cl.O=C(O)c1ccc(-c2cccc3c2OCO3)[nH]1. The Morgan fingerprint density at radius 2 is 2.06 bits per heavy atom. The molecule has 0 unspecified atom stereocenters. The Kier molecular flexibility index (Phi) is 3.16. The summed E-state index contributed by atoms with van der Waals surface area (Å²) in [6.45, 7) is 0.193. The molecule has 0 bridgehead atoms. The summed E-state index contributed by atoms with van der Waals surface area (Å²) in [4.78, 5) is 13.6. The van der Waals surface area contributed by atoms with Crippen LogP contribution in [-0.4, -0.2) is 22.9 Å². The van der Waals surface area contributed by atoms with E-state index in [4.69, 9.17) is 14.6 Å². The topological polar surface area (TPSA) is 71.6 Å². The van der Waals surface area contributed by atoms with Gasteiger partial charge in [0.1, 0.15) is 5.69 Å². The molecule has 18 heavy (non-hydrogen) atoms. The van der Waals surface area contributed by atoms with Gasteiger partial charge in [0.15, 0.2) is 11.5 Å². The minimum atomic E-state index is -0.985. The van der Waals surface area contributed by atoms with Crippen LogP contribution in [0.5, 0.6) is 11.5 Å². The molecule has 2 heterocycles. The summed E-state index contributed by atoms with van der Waals surface area (Å²) in [6, 6.07) is 8.73. The second-order valence-corrected chi connectivity index (χ2v) is 3.63. The van der Waals surface area contributed by atoms with Crippen LogP contribution in [0.2, 0.25) is 0 Å². The van der Waals surface area contributed by atoms with E-state index in [2.05, 4.69) is 4.98 Å². The highest BCUT2D eigenvalue weighted by molar-refractivity contribution is 5.87. The second-order valence-electron chi connectivity index (χ2n) is 3.63. The molecule has 3 rings (SSSR count). The molecule has 1 aliphatic rings. The first kappa shape index (κ1) is 12.3. The average Bonchev–Trinajstić information content (AvgIpc) is 2.97. The molecule has 1 aromatic carbocycles. The number of ether oxygens (including phenoxy) is 2. The Bertz CT molecular complexity index is 594. The quantitative estimate of drug-likeness (QED) is 0.877. The zero-order valence-corrected chi connectivity index (χ0v) is 9.99. The fraction of sp³-hybridized carbons (Fsp3) is 0.0833. The number of nitrogens with one attached hydrogen (secondary N) is 1. The maximum Gasteiger partial charge on any atom is 0.352 e. The van der Waals surface area contributed by atoms with E-state index in [1.165, 1.54) is 6.07 Å². The number of halogens is 1. The van der Waals surface area contributed by atoms with Crippen molar-refractivity contribution < 1.29 is 19.4 Å². The van der Waals surface area contributed by atoms with Crippen molar-refractivity contribution in [3.05, 3.63) is 36.0 Å². The summed E-state index contributed by atoms with van der Waals surface area (Å²) in [6.07, 6.45) is 0. The lowest BCUT2D eigenvalue weighted by molar-refractivity contribution is 0.0691. The van der Waals surface area contributed by atoms with E-state index in [9.17, 15) is 4.79 Å². The number of fused-ring (bicyclic) bond motifs is 1. The molecule has 5 nitrogen and oxygen atoms in total. The predicted octanol–water partition coefficient (Wildman–Crippen LogP) is 2.53. The number of rotatable bonds is 2. The number of aromatic carboxylic acids is 1. The largest absolute Gasteiger partial charge is 0.477 e. The number of benzene rings is 1. The lowest BCUT2D eigenvalue weighted by atomic mass is 10.1. The normalized spacial score (nSPS) is 12.0. The van der Waals surface area contributed by atoms with Crippen LogP contribution in [0, 0.1) is 0 Å². The van der Waals surface area contributed by atoms with E-state index in [-0.39, 0.29) is 24.9 Å². The first-order chi connectivity index (χ1) is 8.25. The summed E-state index contributed by atoms with van der Waals surface area (Å²) in [5, 5.41) is 8.85. The minimum Gasteiger partial charge on any atom is -0.477 e. The highest BCUT2D eigenvalue weighted by Crippen LogP contribution is 2.40. The van der Waals surface area contributed by atoms with E-state index < -0.39 is 5.97 Å². The molecule has 0 fully saturated rings. The fourth-order valence-electron chi connectivity index (χ4n) is 1.82. The van der Waals surface area contributed by atoms with Gasteiger partial charge in [-0.25, -0.2) is 4.79 Å². The summed E-state index contributed by atoms with van der Waals surface area (Å²) in [5.41, 5.74) is 1.65. The molecule has 0 aliphatic carbocycles. The van der Waals surface area contributed by atoms with Crippen LogP contribution in [0.25, 0.3) is 11.3 Å². The van der Waals surface area contributed by atoms with Crippen molar-refractivity contribution in [2.24, 2.45) is 0 Å². The standard InChI is InChI=1S/C12H9NO4.ClH/c14-12(15)9-5-4-8(13-9)7-2-1-3-10-11(7)17-6-16-10;/h1-5,13H,6H2,(H,14,15);1H. The first-order valence-corrected chi connectivity index (χ1v) is 5.07. The Labute approximate surface area is 109 Å². The molecular formula is C12H10ClNO4. The van der Waals surface area contributed by atoms with Crippen molar-refractivity contribution in [2.75, 3.05) is 6.79 Å². The molecule has 2 N–H and O–H groups in total. The molecule has 0 saturated heterocycles. The molecule has 0 amide bonds. The number of carboxylic acids is 1. The number of carbonyl (C=O) groups is 1. The highest BCUT2D eigenvalue weighted by Gasteiger charge is 2.19. The van der Waals surface area contributed by atoms with Crippen molar-refractivity contribution in [1.29, 1.82) is 0 Å². The minimum absolute atomic E-state index is 0. The average molecular weight is 268 g/mol. The summed E-state index contributed by atoms with van der Waals surface area (Å²) in [5.74, 6) is 0.334. The van der Waals surface area contributed by atoms with Gasteiger partial charge in [0, 0.05) is 11.3 Å². The molecule has 0 atom stereocenters. The fourth-order valence-corrected chi connectivity index (χ4v) is 1.82. The molecule has 1 aromatic heterocycles. The Hall–Kier alpha value is -2.14. The molecule has 0 saturated carbocycles. The van der Waals surface area contributed by atoms with Gasteiger partial charge < -0.3 is 19.6 Å². The molecule has 94 valence electrons. The number of hydrogen-bond donors (Lipinski definition) is 2. The van der Waals surface area contributed by atoms with Crippen LogP contribution < -0.4 is 9.47 Å². The van der Waals surface area contributed by atoms with Gasteiger partial charge >= 0.3 is 5.97 Å². The summed E-state index contributed by atoms with van der Waals surface area (Å²) in [7, 11) is 0. The van der Waals surface area contributed by atoms with Crippen LogP contribution in [-0.2, 0) is 0 Å². The van der Waals surface area contributed by atoms with E-state index in [1.807, 2.05) is 18.2 Å². The van der Waals surface area contributed by atoms with Crippen LogP contribution in [0.15, 0.2) is 30.3 Å².